The van der Waals surface area contributed by atoms with Gasteiger partial charge < -0.3 is 4.42 Å². The molecule has 0 unspecified atom stereocenters. The van der Waals surface area contributed by atoms with E-state index in [0.29, 0.717) is 5.84 Å². The van der Waals surface area contributed by atoms with Crippen LogP contribution in [0.5, 0.6) is 0 Å². The highest BCUT2D eigenvalue weighted by Crippen LogP contribution is 2.31. The van der Waals surface area contributed by atoms with Crippen LogP contribution in [0.1, 0.15) is 11.3 Å². The quantitative estimate of drug-likeness (QED) is 0.482. The fraction of sp³-hybridized carbons (Fsp3) is 0. The smallest absolute Gasteiger partial charge is 0.401 e. The summed E-state index contributed by atoms with van der Waals surface area (Å²) in [5, 5.41) is 10.7. The Morgan fingerprint density at radius 2 is 2.04 bits per heavy atom. The van der Waals surface area contributed by atoms with E-state index in [1.807, 2.05) is 24.3 Å². The van der Waals surface area contributed by atoms with Crippen molar-refractivity contribution in [2.45, 2.75) is 0 Å². The van der Waals surface area contributed by atoms with Crippen molar-refractivity contribution in [1.29, 1.82) is 0 Å². The lowest BCUT2D eigenvalue weighted by atomic mass is 10.1. The molecule has 0 atom stereocenters. The summed E-state index contributed by atoms with van der Waals surface area (Å²) in [6.45, 7) is 0. The first-order valence-corrected chi connectivity index (χ1v) is 6.65. The van der Waals surface area contributed by atoms with Crippen LogP contribution in [0.4, 0.5) is 11.6 Å². The topological polar surface area (TPSA) is 101 Å². The van der Waals surface area contributed by atoms with Crippen LogP contribution in [0, 0.1) is 10.1 Å². The fourth-order valence-electron chi connectivity index (χ4n) is 2.41. The van der Waals surface area contributed by atoms with E-state index in [2.05, 4.69) is 9.98 Å². The third-order valence-corrected chi connectivity index (χ3v) is 3.44. The third kappa shape index (κ3) is 2.04. The highest BCUT2D eigenvalue weighted by atomic mass is 16.6. The van der Waals surface area contributed by atoms with E-state index in [9.17, 15) is 14.9 Å². The lowest BCUT2D eigenvalue weighted by molar-refractivity contribution is -0.402. The largest absolute Gasteiger partial charge is 0.433 e. The number of nitrogens with zero attached hydrogens (tertiary/aromatic N) is 4. The van der Waals surface area contributed by atoms with Crippen LogP contribution in [0.3, 0.4) is 0 Å². The van der Waals surface area contributed by atoms with Crippen molar-refractivity contribution in [3.05, 3.63) is 63.5 Å². The normalized spacial score (nSPS) is 17.2. The van der Waals surface area contributed by atoms with E-state index in [-0.39, 0.29) is 17.3 Å². The van der Waals surface area contributed by atoms with Gasteiger partial charge in [-0.3, -0.25) is 19.8 Å². The van der Waals surface area contributed by atoms with E-state index in [1.165, 1.54) is 24.5 Å². The summed E-state index contributed by atoms with van der Waals surface area (Å²) in [5.74, 6) is -0.167. The second-order valence-electron chi connectivity index (χ2n) is 4.83. The van der Waals surface area contributed by atoms with Crippen LogP contribution in [0.2, 0.25) is 0 Å². The molecule has 1 aromatic heterocycles. The molecular weight excluding hydrogens is 300 g/mol. The van der Waals surface area contributed by atoms with Crippen molar-refractivity contribution < 1.29 is 14.1 Å². The number of nitro groups is 1. The fourth-order valence-corrected chi connectivity index (χ4v) is 2.41. The molecule has 23 heavy (non-hydrogen) atoms. The van der Waals surface area contributed by atoms with Gasteiger partial charge in [-0.25, -0.2) is 4.99 Å². The lowest BCUT2D eigenvalue weighted by Crippen LogP contribution is -2.28. The van der Waals surface area contributed by atoms with Gasteiger partial charge in [0.15, 0.2) is 5.84 Å². The second kappa shape index (κ2) is 4.73. The lowest BCUT2D eigenvalue weighted by Gasteiger charge is -2.20. The van der Waals surface area contributed by atoms with Crippen LogP contribution in [-0.2, 0) is 4.79 Å². The summed E-state index contributed by atoms with van der Waals surface area (Å²) >= 11 is 0. The molecule has 2 aromatic rings. The number of carbonyl (C=O) groups excluding carboxylic acids is 1. The Labute approximate surface area is 129 Å². The molecule has 0 N–H and O–H groups in total. The average Bonchev–Trinajstić information content (AvgIpc) is 3.13. The number of furan rings is 1. The molecule has 1 aromatic carbocycles. The summed E-state index contributed by atoms with van der Waals surface area (Å²) in [6.07, 6.45) is 2.90. The minimum atomic E-state index is -0.640. The Morgan fingerprint density at radius 3 is 2.83 bits per heavy atom. The summed E-state index contributed by atoms with van der Waals surface area (Å²) in [6, 6.07) is 9.99. The van der Waals surface area contributed by atoms with Crippen LogP contribution in [-0.4, -0.2) is 27.9 Å². The highest BCUT2D eigenvalue weighted by molar-refractivity contribution is 6.25. The summed E-state index contributed by atoms with van der Waals surface area (Å²) in [4.78, 5) is 32.0. The van der Waals surface area contributed by atoms with E-state index < -0.39 is 10.8 Å². The molecule has 8 heteroatoms. The summed E-state index contributed by atoms with van der Waals surface area (Å²) < 4.78 is 5.05. The monoisotopic (exact) mass is 308 g/mol. The SMILES string of the molecule is O=C1N=C2c3ccccc3N=CN2C1=Cc1ccc([N+](=O)[O-])o1. The van der Waals surface area contributed by atoms with Gasteiger partial charge >= 0.3 is 5.88 Å². The van der Waals surface area contributed by atoms with Crippen molar-refractivity contribution in [3.63, 3.8) is 0 Å². The minimum Gasteiger partial charge on any atom is -0.401 e. The Morgan fingerprint density at radius 1 is 1.22 bits per heavy atom. The van der Waals surface area contributed by atoms with Gasteiger partial charge in [-0.1, -0.05) is 12.1 Å². The first-order chi connectivity index (χ1) is 11.1. The predicted molar refractivity (Wildman–Crippen MR) is 81.3 cm³/mol. The molecule has 2 aliphatic heterocycles. The van der Waals surface area contributed by atoms with Crippen molar-refractivity contribution in [3.8, 4) is 0 Å². The molecule has 8 nitrogen and oxygen atoms in total. The van der Waals surface area contributed by atoms with Gasteiger partial charge in [-0.15, -0.1) is 0 Å². The third-order valence-electron chi connectivity index (χ3n) is 3.44. The first kappa shape index (κ1) is 13.1. The number of para-hydroxylation sites is 1. The van der Waals surface area contributed by atoms with Crippen molar-refractivity contribution in [2.75, 3.05) is 0 Å². The number of amides is 1. The van der Waals surface area contributed by atoms with Crippen LogP contribution >= 0.6 is 0 Å². The summed E-state index contributed by atoms with van der Waals surface area (Å²) in [5.41, 5.74) is 1.70. The zero-order valence-corrected chi connectivity index (χ0v) is 11.5. The number of benzene rings is 1. The molecule has 0 aliphatic carbocycles. The molecule has 0 saturated carbocycles. The van der Waals surface area contributed by atoms with Gasteiger partial charge in [0.05, 0.1) is 11.8 Å². The molecule has 0 radical (unpaired) electrons. The molecule has 0 saturated heterocycles. The van der Waals surface area contributed by atoms with Crippen LogP contribution in [0.25, 0.3) is 6.08 Å². The number of aliphatic imine (C=N–C) groups is 2. The maximum atomic E-state index is 12.2. The Hall–Kier alpha value is -3.55. The molecule has 0 spiro atoms. The predicted octanol–water partition coefficient (Wildman–Crippen LogP) is 2.49. The van der Waals surface area contributed by atoms with E-state index in [0.717, 1.165) is 11.3 Å². The van der Waals surface area contributed by atoms with E-state index >= 15 is 0 Å². The number of fused-ring (bicyclic) bond motifs is 3. The van der Waals surface area contributed by atoms with Gasteiger partial charge in [-0.05, 0) is 18.2 Å². The average molecular weight is 308 g/mol. The minimum absolute atomic E-state index is 0.198. The first-order valence-electron chi connectivity index (χ1n) is 6.65. The zero-order chi connectivity index (χ0) is 16.0. The summed E-state index contributed by atoms with van der Waals surface area (Å²) in [7, 11) is 0. The molecule has 4 rings (SSSR count). The van der Waals surface area contributed by atoms with Gasteiger partial charge in [0.1, 0.15) is 22.7 Å². The van der Waals surface area contributed by atoms with Crippen LogP contribution < -0.4 is 0 Å². The van der Waals surface area contributed by atoms with E-state index in [4.69, 9.17) is 4.42 Å². The van der Waals surface area contributed by atoms with Gasteiger partial charge in [0, 0.05) is 11.6 Å². The highest BCUT2D eigenvalue weighted by Gasteiger charge is 2.33. The maximum absolute atomic E-state index is 12.2. The van der Waals surface area contributed by atoms with Gasteiger partial charge in [0.2, 0.25) is 0 Å². The molecule has 0 fully saturated rings. The van der Waals surface area contributed by atoms with E-state index in [1.54, 1.807) is 4.90 Å². The van der Waals surface area contributed by atoms with Crippen molar-refractivity contribution >= 4 is 35.7 Å². The number of hydrogen-bond donors (Lipinski definition) is 0. The van der Waals surface area contributed by atoms with Gasteiger partial charge in [-0.2, -0.15) is 4.99 Å². The zero-order valence-electron chi connectivity index (χ0n) is 11.5. The number of rotatable bonds is 2. The molecule has 112 valence electrons. The van der Waals surface area contributed by atoms with Gasteiger partial charge in [0.25, 0.3) is 5.91 Å². The van der Waals surface area contributed by atoms with Crippen LogP contribution in [0.15, 0.2) is 56.5 Å². The van der Waals surface area contributed by atoms with Crippen molar-refractivity contribution in [1.82, 2.24) is 4.90 Å². The number of carbonyl (C=O) groups is 1. The molecule has 3 heterocycles. The second-order valence-corrected chi connectivity index (χ2v) is 4.83. The Kier molecular flexibility index (Phi) is 2.70. The number of amidine groups is 1. The maximum Gasteiger partial charge on any atom is 0.433 e. The number of hydrogen-bond acceptors (Lipinski definition) is 6. The standard InChI is InChI=1S/C15H8N4O4/c20-15-12(7-9-5-6-13(23-9)19(21)22)18-8-16-11-4-2-1-3-10(11)14(18)17-15/h1-8H. The molecule has 1 amide bonds. The Bertz CT molecular complexity index is 938. The van der Waals surface area contributed by atoms with Crippen molar-refractivity contribution in [2.24, 2.45) is 9.98 Å². The molecule has 0 bridgehead atoms. The molecular formula is C15H8N4O4. The Balaban J connectivity index is 1.75. The molecule has 2 aliphatic rings.